The van der Waals surface area contributed by atoms with Crippen molar-refractivity contribution in [2.75, 3.05) is 11.4 Å². The number of aromatic nitrogens is 3. The van der Waals surface area contributed by atoms with Crippen LogP contribution in [0.1, 0.15) is 27.5 Å². The Kier molecular flexibility index (Phi) is 5.36. The Balaban J connectivity index is 1.66. The summed E-state index contributed by atoms with van der Waals surface area (Å²) in [6.07, 6.45) is 4.07. The molecule has 0 fully saturated rings. The van der Waals surface area contributed by atoms with Gasteiger partial charge in [-0.25, -0.2) is 23.1 Å². The number of aryl methyl sites for hydroxylation is 3. The SMILES string of the molecule is Cc1nc(C)c(S(=O)(=O)NC2Cc3cc(C#N)ccc3N(Cc3cncn3C)C2)s1. The molecule has 1 unspecified atom stereocenters. The summed E-state index contributed by atoms with van der Waals surface area (Å²) in [6.45, 7) is 4.61. The van der Waals surface area contributed by atoms with Crippen LogP contribution in [0.15, 0.2) is 34.9 Å². The Morgan fingerprint density at radius 1 is 1.37 bits per heavy atom. The maximum absolute atomic E-state index is 13.0. The van der Waals surface area contributed by atoms with Crippen LogP contribution in [0.2, 0.25) is 0 Å². The third-order valence-corrected chi connectivity index (χ3v) is 8.36. The molecule has 1 N–H and O–H groups in total. The number of thiazole rings is 1. The lowest BCUT2D eigenvalue weighted by Crippen LogP contribution is -2.48. The number of sulfonamides is 1. The normalized spacial score (nSPS) is 16.3. The Morgan fingerprint density at radius 3 is 2.80 bits per heavy atom. The first-order valence-electron chi connectivity index (χ1n) is 9.46. The van der Waals surface area contributed by atoms with E-state index in [1.54, 1.807) is 32.4 Å². The molecular weight excluding hydrogens is 420 g/mol. The zero-order chi connectivity index (χ0) is 21.5. The smallest absolute Gasteiger partial charge is 0.252 e. The van der Waals surface area contributed by atoms with E-state index in [0.29, 0.717) is 30.8 Å². The van der Waals surface area contributed by atoms with E-state index in [1.807, 2.05) is 23.7 Å². The van der Waals surface area contributed by atoms with Crippen molar-refractivity contribution in [3.63, 3.8) is 0 Å². The van der Waals surface area contributed by atoms with Crippen molar-refractivity contribution >= 4 is 27.0 Å². The van der Waals surface area contributed by atoms with Crippen LogP contribution >= 0.6 is 11.3 Å². The molecule has 3 heterocycles. The minimum atomic E-state index is -3.68. The summed E-state index contributed by atoms with van der Waals surface area (Å²) in [4.78, 5) is 10.6. The van der Waals surface area contributed by atoms with E-state index in [4.69, 9.17) is 0 Å². The molecule has 10 heteroatoms. The largest absolute Gasteiger partial charge is 0.364 e. The zero-order valence-electron chi connectivity index (χ0n) is 17.0. The van der Waals surface area contributed by atoms with Crippen LogP contribution in [0.25, 0.3) is 0 Å². The van der Waals surface area contributed by atoms with E-state index in [0.717, 1.165) is 22.0 Å². The molecule has 156 valence electrons. The minimum absolute atomic E-state index is 0.259. The fourth-order valence-corrected chi connectivity index (χ4v) is 6.54. The second kappa shape index (κ2) is 7.83. The van der Waals surface area contributed by atoms with E-state index in [-0.39, 0.29) is 10.3 Å². The van der Waals surface area contributed by atoms with Crippen LogP contribution in [0, 0.1) is 25.2 Å². The summed E-state index contributed by atoms with van der Waals surface area (Å²) >= 11 is 1.18. The summed E-state index contributed by atoms with van der Waals surface area (Å²) in [6, 6.07) is 7.41. The van der Waals surface area contributed by atoms with Gasteiger partial charge in [0.1, 0.15) is 0 Å². The first-order chi connectivity index (χ1) is 14.3. The average molecular weight is 443 g/mol. The lowest BCUT2D eigenvalue weighted by molar-refractivity contribution is 0.523. The molecule has 30 heavy (non-hydrogen) atoms. The number of hydrogen-bond acceptors (Lipinski definition) is 7. The van der Waals surface area contributed by atoms with Crippen molar-refractivity contribution in [1.82, 2.24) is 19.3 Å². The molecule has 1 atom stereocenters. The summed E-state index contributed by atoms with van der Waals surface area (Å²) in [5, 5.41) is 10.0. The van der Waals surface area contributed by atoms with Gasteiger partial charge >= 0.3 is 0 Å². The molecule has 0 amide bonds. The predicted molar refractivity (Wildman–Crippen MR) is 115 cm³/mol. The van der Waals surface area contributed by atoms with E-state index in [2.05, 4.69) is 25.7 Å². The van der Waals surface area contributed by atoms with Gasteiger partial charge in [0, 0.05) is 31.5 Å². The van der Waals surface area contributed by atoms with Crippen LogP contribution in [0.3, 0.4) is 0 Å². The van der Waals surface area contributed by atoms with Crippen LogP contribution in [-0.4, -0.2) is 35.5 Å². The standard InChI is InChI=1S/C20H22N6O2S2/c1-13-20(29-14(2)23-13)30(27,28)24-17-7-16-6-15(8-21)4-5-19(16)26(10-17)11-18-9-22-12-25(18)3/h4-6,9,12,17,24H,7,10-11H2,1-3H3. The molecule has 0 radical (unpaired) electrons. The van der Waals surface area contributed by atoms with Gasteiger partial charge in [0.15, 0.2) is 4.21 Å². The number of hydrogen-bond donors (Lipinski definition) is 1. The molecule has 0 saturated carbocycles. The highest BCUT2D eigenvalue weighted by molar-refractivity contribution is 7.91. The van der Waals surface area contributed by atoms with Crippen LogP contribution in [-0.2, 0) is 30.0 Å². The fourth-order valence-electron chi connectivity index (χ4n) is 3.82. The number of nitrogens with one attached hydrogen (secondary N) is 1. The van der Waals surface area contributed by atoms with Gasteiger partial charge in [-0.05, 0) is 44.0 Å². The summed E-state index contributed by atoms with van der Waals surface area (Å²) < 4.78 is 31.1. The van der Waals surface area contributed by atoms with Gasteiger partial charge in [-0.1, -0.05) is 0 Å². The van der Waals surface area contributed by atoms with Crippen LogP contribution in [0.5, 0.6) is 0 Å². The highest BCUT2D eigenvalue weighted by Gasteiger charge is 2.30. The fraction of sp³-hybridized carbons (Fsp3) is 0.350. The number of benzene rings is 1. The van der Waals surface area contributed by atoms with E-state index < -0.39 is 10.0 Å². The monoisotopic (exact) mass is 442 g/mol. The molecule has 1 aliphatic heterocycles. The highest BCUT2D eigenvalue weighted by atomic mass is 32.2. The number of imidazole rings is 1. The lowest BCUT2D eigenvalue weighted by atomic mass is 9.96. The molecule has 0 spiro atoms. The minimum Gasteiger partial charge on any atom is -0.364 e. The molecule has 1 aliphatic rings. The number of nitrogens with zero attached hydrogens (tertiary/aromatic N) is 5. The topological polar surface area (TPSA) is 104 Å². The third-order valence-electron chi connectivity index (χ3n) is 5.15. The Hall–Kier alpha value is -2.74. The Labute approximate surface area is 179 Å². The van der Waals surface area contributed by atoms with E-state index >= 15 is 0 Å². The zero-order valence-corrected chi connectivity index (χ0v) is 18.6. The van der Waals surface area contributed by atoms with E-state index in [1.165, 1.54) is 11.3 Å². The number of anilines is 1. The summed E-state index contributed by atoms with van der Waals surface area (Å²) in [7, 11) is -1.75. The molecule has 3 aromatic rings. The average Bonchev–Trinajstić information content (AvgIpc) is 3.25. The van der Waals surface area contributed by atoms with Gasteiger partial charge in [-0.15, -0.1) is 11.3 Å². The molecule has 2 aromatic heterocycles. The summed E-state index contributed by atoms with van der Waals surface area (Å²) in [5.41, 5.74) is 4.05. The van der Waals surface area contributed by atoms with Crippen molar-refractivity contribution in [1.29, 1.82) is 5.26 Å². The third kappa shape index (κ3) is 3.96. The van der Waals surface area contributed by atoms with Crippen molar-refractivity contribution < 1.29 is 8.42 Å². The van der Waals surface area contributed by atoms with Crippen LogP contribution < -0.4 is 9.62 Å². The first kappa shape index (κ1) is 20.5. The molecule has 0 aliphatic carbocycles. The maximum atomic E-state index is 13.0. The van der Waals surface area contributed by atoms with Crippen molar-refractivity contribution in [3.8, 4) is 6.07 Å². The van der Waals surface area contributed by atoms with Crippen molar-refractivity contribution in [3.05, 3.63) is 58.2 Å². The molecule has 0 bridgehead atoms. The van der Waals surface area contributed by atoms with Gasteiger partial charge in [0.2, 0.25) is 0 Å². The van der Waals surface area contributed by atoms with Crippen LogP contribution in [0.4, 0.5) is 5.69 Å². The second-order valence-electron chi connectivity index (χ2n) is 7.46. The maximum Gasteiger partial charge on any atom is 0.252 e. The number of fused-ring (bicyclic) bond motifs is 1. The second-order valence-corrected chi connectivity index (χ2v) is 10.6. The lowest BCUT2D eigenvalue weighted by Gasteiger charge is -2.36. The van der Waals surface area contributed by atoms with Gasteiger partial charge < -0.3 is 9.47 Å². The van der Waals surface area contributed by atoms with Gasteiger partial charge in [0.05, 0.1) is 40.9 Å². The predicted octanol–water partition coefficient (Wildman–Crippen LogP) is 2.27. The van der Waals surface area contributed by atoms with Crippen molar-refractivity contribution in [2.24, 2.45) is 7.05 Å². The van der Waals surface area contributed by atoms with E-state index in [9.17, 15) is 13.7 Å². The molecule has 1 aromatic carbocycles. The molecular formula is C20H22N6O2S2. The Bertz CT molecular complexity index is 1240. The van der Waals surface area contributed by atoms with Gasteiger partial charge in [-0.3, -0.25) is 0 Å². The number of rotatable bonds is 5. The first-order valence-corrected chi connectivity index (χ1v) is 11.8. The Morgan fingerprint density at radius 2 is 2.17 bits per heavy atom. The molecule has 8 nitrogen and oxygen atoms in total. The highest BCUT2D eigenvalue weighted by Crippen LogP contribution is 2.31. The summed E-state index contributed by atoms with van der Waals surface area (Å²) in [5.74, 6) is 0. The van der Waals surface area contributed by atoms with Crippen molar-refractivity contribution in [2.45, 2.75) is 37.1 Å². The van der Waals surface area contributed by atoms with Gasteiger partial charge in [0.25, 0.3) is 10.0 Å². The molecule has 4 rings (SSSR count). The molecule has 0 saturated heterocycles. The van der Waals surface area contributed by atoms with Gasteiger partial charge in [-0.2, -0.15) is 5.26 Å². The number of nitriles is 1. The quantitative estimate of drug-likeness (QED) is 0.650.